The number of rotatable bonds is 3. The highest BCUT2D eigenvalue weighted by Gasteiger charge is 2.31. The fraction of sp³-hybridized carbons (Fsp3) is 0.500. The molecule has 0 aromatic carbocycles. The minimum Gasteiger partial charge on any atom is -0.244 e. The molecule has 0 amide bonds. The smallest absolute Gasteiger partial charge is 0.244 e. The molecule has 1 aliphatic carbocycles. The average Bonchev–Trinajstić information content (AvgIpc) is 2.91. The Kier molecular flexibility index (Phi) is 3.64. The number of nitriles is 1. The van der Waals surface area contributed by atoms with Crippen LogP contribution in [0.1, 0.15) is 31.4 Å². The lowest BCUT2D eigenvalue weighted by molar-refractivity contribution is 0.373. The van der Waals surface area contributed by atoms with Crippen molar-refractivity contribution in [1.29, 1.82) is 5.26 Å². The number of aromatic nitrogens is 1. The third-order valence-electron chi connectivity index (χ3n) is 3.37. The topological polar surface area (TPSA) is 74.1 Å². The van der Waals surface area contributed by atoms with Gasteiger partial charge in [-0.3, -0.25) is 0 Å². The van der Waals surface area contributed by atoms with Gasteiger partial charge in [-0.2, -0.15) is 9.57 Å². The van der Waals surface area contributed by atoms with Crippen LogP contribution in [0.25, 0.3) is 0 Å². The Morgan fingerprint density at radius 3 is 2.72 bits per heavy atom. The predicted octanol–water partition coefficient (Wildman–Crippen LogP) is 1.52. The molecule has 0 bridgehead atoms. The molecule has 0 atom stereocenters. The van der Waals surface area contributed by atoms with Crippen molar-refractivity contribution < 1.29 is 8.42 Å². The summed E-state index contributed by atoms with van der Waals surface area (Å²) >= 11 is 0. The molecule has 0 saturated heterocycles. The van der Waals surface area contributed by atoms with Crippen LogP contribution in [0.3, 0.4) is 0 Å². The quantitative estimate of drug-likeness (QED) is 0.830. The molecule has 1 fully saturated rings. The molecule has 96 valence electrons. The van der Waals surface area contributed by atoms with E-state index < -0.39 is 10.0 Å². The first-order valence-electron chi connectivity index (χ1n) is 5.90. The van der Waals surface area contributed by atoms with E-state index in [-0.39, 0.29) is 16.6 Å². The molecule has 0 spiro atoms. The van der Waals surface area contributed by atoms with E-state index >= 15 is 0 Å². The molecule has 6 heteroatoms. The second kappa shape index (κ2) is 5.04. The molecule has 2 rings (SSSR count). The first-order valence-corrected chi connectivity index (χ1v) is 7.34. The van der Waals surface area contributed by atoms with Gasteiger partial charge >= 0.3 is 0 Å². The molecular formula is C12H15N3O2S. The van der Waals surface area contributed by atoms with E-state index in [1.54, 1.807) is 7.05 Å². The van der Waals surface area contributed by atoms with E-state index in [9.17, 15) is 8.42 Å². The average molecular weight is 265 g/mol. The predicted molar refractivity (Wildman–Crippen MR) is 66.2 cm³/mol. The van der Waals surface area contributed by atoms with Crippen LogP contribution >= 0.6 is 0 Å². The van der Waals surface area contributed by atoms with Crippen LogP contribution in [-0.2, 0) is 10.0 Å². The molecule has 18 heavy (non-hydrogen) atoms. The van der Waals surface area contributed by atoms with E-state index in [0.717, 1.165) is 25.7 Å². The number of pyridine rings is 1. The van der Waals surface area contributed by atoms with Gasteiger partial charge in [0.1, 0.15) is 11.0 Å². The molecule has 1 aromatic rings. The summed E-state index contributed by atoms with van der Waals surface area (Å²) < 4.78 is 26.3. The summed E-state index contributed by atoms with van der Waals surface area (Å²) in [5.74, 6) is 0. The number of sulfonamides is 1. The van der Waals surface area contributed by atoms with Crippen molar-refractivity contribution in [3.63, 3.8) is 0 Å². The van der Waals surface area contributed by atoms with Crippen LogP contribution < -0.4 is 0 Å². The maximum Gasteiger partial charge on any atom is 0.245 e. The monoisotopic (exact) mass is 265 g/mol. The van der Waals surface area contributed by atoms with Crippen molar-refractivity contribution in [2.24, 2.45) is 0 Å². The van der Waals surface area contributed by atoms with Gasteiger partial charge in [-0.05, 0) is 25.0 Å². The summed E-state index contributed by atoms with van der Waals surface area (Å²) in [5.41, 5.74) is -0.0395. The minimum atomic E-state index is -3.62. The molecule has 1 heterocycles. The molecule has 1 aliphatic rings. The van der Waals surface area contributed by atoms with Gasteiger partial charge in [0.2, 0.25) is 10.0 Å². The Morgan fingerprint density at radius 1 is 1.44 bits per heavy atom. The molecular weight excluding hydrogens is 250 g/mol. The van der Waals surface area contributed by atoms with Crippen LogP contribution in [0.5, 0.6) is 0 Å². The number of hydrogen-bond acceptors (Lipinski definition) is 4. The van der Waals surface area contributed by atoms with Crippen LogP contribution in [-0.4, -0.2) is 30.8 Å². The van der Waals surface area contributed by atoms with Crippen molar-refractivity contribution in [2.45, 2.75) is 36.6 Å². The van der Waals surface area contributed by atoms with Gasteiger partial charge in [-0.15, -0.1) is 0 Å². The van der Waals surface area contributed by atoms with Crippen molar-refractivity contribution in [1.82, 2.24) is 9.29 Å². The molecule has 0 aliphatic heterocycles. The van der Waals surface area contributed by atoms with Gasteiger partial charge in [-0.25, -0.2) is 13.4 Å². The zero-order valence-electron chi connectivity index (χ0n) is 10.2. The SMILES string of the molecule is CN(C1CCCC1)S(=O)(=O)c1cccnc1C#N. The van der Waals surface area contributed by atoms with Gasteiger partial charge < -0.3 is 0 Å². The third kappa shape index (κ3) is 2.24. The van der Waals surface area contributed by atoms with E-state index in [4.69, 9.17) is 5.26 Å². The summed E-state index contributed by atoms with van der Waals surface area (Å²) in [6.07, 6.45) is 5.31. The van der Waals surface area contributed by atoms with Gasteiger partial charge in [0.05, 0.1) is 0 Å². The Morgan fingerprint density at radius 2 is 2.11 bits per heavy atom. The van der Waals surface area contributed by atoms with Crippen LogP contribution in [0.15, 0.2) is 23.2 Å². The summed E-state index contributed by atoms with van der Waals surface area (Å²) in [6.45, 7) is 0. The first-order chi connectivity index (χ1) is 8.57. The minimum absolute atomic E-state index is 0.00176. The largest absolute Gasteiger partial charge is 0.245 e. The fourth-order valence-electron chi connectivity index (χ4n) is 2.30. The van der Waals surface area contributed by atoms with Crippen LogP contribution in [0.4, 0.5) is 0 Å². The van der Waals surface area contributed by atoms with Crippen LogP contribution in [0, 0.1) is 11.3 Å². The van der Waals surface area contributed by atoms with E-state index in [0.29, 0.717) is 0 Å². The lowest BCUT2D eigenvalue weighted by atomic mass is 10.3. The van der Waals surface area contributed by atoms with Crippen molar-refractivity contribution >= 4 is 10.0 Å². The number of hydrogen-bond donors (Lipinski definition) is 0. The Balaban J connectivity index is 2.39. The zero-order valence-corrected chi connectivity index (χ0v) is 11.0. The third-order valence-corrected chi connectivity index (χ3v) is 5.31. The highest BCUT2D eigenvalue weighted by atomic mass is 32.2. The molecule has 5 nitrogen and oxygen atoms in total. The second-order valence-electron chi connectivity index (χ2n) is 4.42. The lowest BCUT2D eigenvalue weighted by Gasteiger charge is -2.23. The fourth-order valence-corrected chi connectivity index (χ4v) is 3.81. The summed E-state index contributed by atoms with van der Waals surface area (Å²) in [6, 6.07) is 4.85. The van der Waals surface area contributed by atoms with E-state index in [1.165, 1.54) is 22.6 Å². The molecule has 0 radical (unpaired) electrons. The summed E-state index contributed by atoms with van der Waals surface area (Å²) in [7, 11) is -2.03. The van der Waals surface area contributed by atoms with Crippen molar-refractivity contribution in [2.75, 3.05) is 7.05 Å². The van der Waals surface area contributed by atoms with Gasteiger partial charge in [0.15, 0.2) is 5.69 Å². The highest BCUT2D eigenvalue weighted by Crippen LogP contribution is 2.27. The normalized spacial score (nSPS) is 16.9. The maximum atomic E-state index is 12.4. The maximum absolute atomic E-state index is 12.4. The van der Waals surface area contributed by atoms with E-state index in [1.807, 2.05) is 6.07 Å². The van der Waals surface area contributed by atoms with E-state index in [2.05, 4.69) is 4.98 Å². The molecule has 0 N–H and O–H groups in total. The number of nitrogens with zero attached hydrogens (tertiary/aromatic N) is 3. The van der Waals surface area contributed by atoms with Gasteiger partial charge in [0.25, 0.3) is 0 Å². The molecule has 1 saturated carbocycles. The first kappa shape index (κ1) is 13.0. The molecule has 0 unspecified atom stereocenters. The summed E-state index contributed by atoms with van der Waals surface area (Å²) in [4.78, 5) is 3.81. The lowest BCUT2D eigenvalue weighted by Crippen LogP contribution is -2.35. The highest BCUT2D eigenvalue weighted by molar-refractivity contribution is 7.89. The van der Waals surface area contributed by atoms with Crippen LogP contribution in [0.2, 0.25) is 0 Å². The standard InChI is InChI=1S/C12H15N3O2S/c1-15(10-5-2-3-6-10)18(16,17)12-7-4-8-14-11(12)9-13/h4,7-8,10H,2-3,5-6H2,1H3. The Bertz CT molecular complexity index is 571. The van der Waals surface area contributed by atoms with Crippen molar-refractivity contribution in [3.8, 4) is 6.07 Å². The molecule has 1 aromatic heterocycles. The van der Waals surface area contributed by atoms with Gasteiger partial charge in [0, 0.05) is 19.3 Å². The Labute approximate surface area is 107 Å². The van der Waals surface area contributed by atoms with Gasteiger partial charge in [-0.1, -0.05) is 12.8 Å². The Hall–Kier alpha value is -1.45. The zero-order chi connectivity index (χ0) is 13.2. The van der Waals surface area contributed by atoms with Crippen molar-refractivity contribution in [3.05, 3.63) is 24.0 Å². The second-order valence-corrected chi connectivity index (χ2v) is 6.39. The summed E-state index contributed by atoms with van der Waals surface area (Å²) in [5, 5.41) is 8.93.